The van der Waals surface area contributed by atoms with Gasteiger partial charge in [-0.2, -0.15) is 0 Å². The molecular formula is C27H40N6O6. The summed E-state index contributed by atoms with van der Waals surface area (Å²) in [5.74, 6) is -1.29. The number of esters is 1. The lowest BCUT2D eigenvalue weighted by Crippen LogP contribution is -2.45. The van der Waals surface area contributed by atoms with Crippen LogP contribution in [0.25, 0.3) is 10.9 Å². The molecule has 0 unspecified atom stereocenters. The number of amides is 1. The Bertz CT molecular complexity index is 1160. The van der Waals surface area contributed by atoms with Crippen LogP contribution in [0.5, 0.6) is 0 Å². The fraction of sp³-hybridized carbons (Fsp3) is 0.593. The molecule has 0 aliphatic carbocycles. The van der Waals surface area contributed by atoms with Crippen LogP contribution in [0.1, 0.15) is 38.7 Å². The predicted octanol–water partition coefficient (Wildman–Crippen LogP) is 0.689. The third kappa shape index (κ3) is 7.47. The van der Waals surface area contributed by atoms with Gasteiger partial charge in [0.05, 0.1) is 25.7 Å². The molecule has 1 amide bonds. The smallest absolute Gasteiger partial charge is 0.322 e. The molecule has 0 radical (unpaired) electrons. The number of methoxy groups -OCH3 is 1. The van der Waals surface area contributed by atoms with Gasteiger partial charge in [-0.1, -0.05) is 18.2 Å². The van der Waals surface area contributed by atoms with Crippen LogP contribution in [0.15, 0.2) is 35.5 Å². The first kappa shape index (κ1) is 28.8. The van der Waals surface area contributed by atoms with Crippen molar-refractivity contribution in [1.82, 2.24) is 15.6 Å². The van der Waals surface area contributed by atoms with E-state index in [9.17, 15) is 9.59 Å². The highest BCUT2D eigenvalue weighted by atomic mass is 16.8. The number of guanidine groups is 1. The molecule has 2 fully saturated rings. The van der Waals surface area contributed by atoms with E-state index in [-0.39, 0.29) is 30.4 Å². The van der Waals surface area contributed by atoms with Gasteiger partial charge in [-0.05, 0) is 44.7 Å². The number of benzene rings is 1. The van der Waals surface area contributed by atoms with Gasteiger partial charge < -0.3 is 46.0 Å². The molecule has 0 spiro atoms. The Morgan fingerprint density at radius 2 is 1.92 bits per heavy atom. The van der Waals surface area contributed by atoms with E-state index in [0.29, 0.717) is 38.9 Å². The van der Waals surface area contributed by atoms with Crippen molar-refractivity contribution in [3.8, 4) is 0 Å². The van der Waals surface area contributed by atoms with Gasteiger partial charge in [0, 0.05) is 36.7 Å². The lowest BCUT2D eigenvalue weighted by molar-refractivity contribution is -0.187. The van der Waals surface area contributed by atoms with Crippen LogP contribution in [0.3, 0.4) is 0 Å². The zero-order valence-corrected chi connectivity index (χ0v) is 22.8. The SMILES string of the molecule is COC(=O)[C@H](CCCN=C(N)N)NC[C@@H]1O[C@H](CC(=O)NCCc2c[nH]c3ccccc23)[C@@H]2OC(C)(C)O[C@@H]21. The third-order valence-corrected chi connectivity index (χ3v) is 7.02. The Balaban J connectivity index is 1.30. The van der Waals surface area contributed by atoms with Crippen LogP contribution in [0.4, 0.5) is 0 Å². The molecular weight excluding hydrogens is 504 g/mol. The van der Waals surface area contributed by atoms with Crippen molar-refractivity contribution in [2.45, 2.75) is 75.8 Å². The van der Waals surface area contributed by atoms with Gasteiger partial charge in [-0.25, -0.2) is 0 Å². The maximum Gasteiger partial charge on any atom is 0.322 e. The molecule has 7 N–H and O–H groups in total. The van der Waals surface area contributed by atoms with Crippen molar-refractivity contribution in [3.63, 3.8) is 0 Å². The largest absolute Gasteiger partial charge is 0.468 e. The maximum absolute atomic E-state index is 12.8. The number of hydrogen-bond acceptors (Lipinski definition) is 8. The number of hydrogen-bond donors (Lipinski definition) is 5. The Kier molecular flexibility index (Phi) is 9.44. The normalized spacial score (nSPS) is 24.3. The summed E-state index contributed by atoms with van der Waals surface area (Å²) in [6, 6.07) is 7.53. The van der Waals surface area contributed by atoms with Crippen molar-refractivity contribution in [2.24, 2.45) is 16.5 Å². The molecule has 12 nitrogen and oxygen atoms in total. The maximum atomic E-state index is 12.8. The van der Waals surface area contributed by atoms with E-state index in [4.69, 9.17) is 30.4 Å². The molecule has 5 atom stereocenters. The zero-order valence-electron chi connectivity index (χ0n) is 22.8. The summed E-state index contributed by atoms with van der Waals surface area (Å²) in [7, 11) is 1.35. The number of rotatable bonds is 13. The topological polar surface area (TPSA) is 175 Å². The van der Waals surface area contributed by atoms with Crippen molar-refractivity contribution in [3.05, 3.63) is 36.0 Å². The number of carbonyl (C=O) groups is 2. The first-order valence-corrected chi connectivity index (χ1v) is 13.4. The molecule has 2 aliphatic heterocycles. The van der Waals surface area contributed by atoms with Gasteiger partial charge in [0.25, 0.3) is 0 Å². The number of nitrogens with zero attached hydrogens (tertiary/aromatic N) is 1. The fourth-order valence-electron chi connectivity index (χ4n) is 5.24. The Labute approximate surface area is 228 Å². The Hall–Kier alpha value is -3.19. The molecule has 12 heteroatoms. The molecule has 4 rings (SSSR count). The number of para-hydroxylation sites is 1. The summed E-state index contributed by atoms with van der Waals surface area (Å²) in [5, 5.41) is 7.39. The lowest BCUT2D eigenvalue weighted by Gasteiger charge is -2.25. The molecule has 0 bridgehead atoms. The number of aromatic amines is 1. The highest BCUT2D eigenvalue weighted by molar-refractivity contribution is 5.83. The number of fused-ring (bicyclic) bond motifs is 2. The van der Waals surface area contributed by atoms with E-state index >= 15 is 0 Å². The van der Waals surface area contributed by atoms with Crippen LogP contribution >= 0.6 is 0 Å². The van der Waals surface area contributed by atoms with Crippen molar-refractivity contribution in [2.75, 3.05) is 26.7 Å². The van der Waals surface area contributed by atoms with Gasteiger partial charge in [0.15, 0.2) is 11.7 Å². The molecule has 0 saturated carbocycles. The first-order chi connectivity index (χ1) is 18.7. The number of aliphatic imine (C=N–C) groups is 1. The molecule has 1 aromatic carbocycles. The molecule has 2 aliphatic rings. The Morgan fingerprint density at radius 3 is 2.67 bits per heavy atom. The zero-order chi connectivity index (χ0) is 28.0. The predicted molar refractivity (Wildman–Crippen MR) is 146 cm³/mol. The molecule has 3 heterocycles. The van der Waals surface area contributed by atoms with E-state index in [2.05, 4.69) is 26.7 Å². The number of aromatic nitrogens is 1. The number of nitrogens with one attached hydrogen (secondary N) is 3. The average molecular weight is 545 g/mol. The second-order valence-corrected chi connectivity index (χ2v) is 10.4. The van der Waals surface area contributed by atoms with Crippen LogP contribution in [-0.2, 0) is 35.0 Å². The summed E-state index contributed by atoms with van der Waals surface area (Å²) in [5.41, 5.74) is 13.0. The molecule has 2 aromatic rings. The quantitative estimate of drug-likeness (QED) is 0.105. The summed E-state index contributed by atoms with van der Waals surface area (Å²) in [6.45, 7) is 4.92. The molecule has 2 saturated heterocycles. The Morgan fingerprint density at radius 1 is 1.18 bits per heavy atom. The van der Waals surface area contributed by atoms with Crippen LogP contribution in [-0.4, -0.2) is 85.8 Å². The summed E-state index contributed by atoms with van der Waals surface area (Å²) in [6.07, 6.45) is 2.25. The molecule has 1 aromatic heterocycles. The number of carbonyl (C=O) groups excluding carboxylic acids is 2. The standard InChI is InChI=1S/C27H40N6O6/c1-27(2)38-23-20(13-22(34)30-12-10-16-14-32-18-8-5-4-7-17(16)18)37-21(24(23)39-27)15-33-19(25(35)36-3)9-6-11-31-26(28)29/h4-5,7-8,14,19-21,23-24,32-33H,6,9-13,15H2,1-3H3,(H,30,34)(H4,28,29,31)/t19-,20+,21-,23-,24+/m0/s1. The van der Waals surface area contributed by atoms with E-state index in [1.807, 2.05) is 38.2 Å². The van der Waals surface area contributed by atoms with Crippen LogP contribution in [0, 0.1) is 0 Å². The summed E-state index contributed by atoms with van der Waals surface area (Å²) < 4.78 is 23.4. The second kappa shape index (κ2) is 12.8. The van der Waals surface area contributed by atoms with E-state index in [0.717, 1.165) is 16.5 Å². The van der Waals surface area contributed by atoms with Crippen molar-refractivity contribution in [1.29, 1.82) is 0 Å². The van der Waals surface area contributed by atoms with E-state index in [1.54, 1.807) is 0 Å². The van der Waals surface area contributed by atoms with Crippen molar-refractivity contribution < 1.29 is 28.5 Å². The van der Waals surface area contributed by atoms with Gasteiger partial charge in [0.2, 0.25) is 5.91 Å². The van der Waals surface area contributed by atoms with Crippen LogP contribution < -0.4 is 22.1 Å². The minimum Gasteiger partial charge on any atom is -0.468 e. The van der Waals surface area contributed by atoms with Gasteiger partial charge >= 0.3 is 5.97 Å². The minimum absolute atomic E-state index is 0.0111. The first-order valence-electron chi connectivity index (χ1n) is 13.4. The number of H-pyrrole nitrogens is 1. The highest BCUT2D eigenvalue weighted by Crippen LogP contribution is 2.39. The minimum atomic E-state index is -0.802. The highest BCUT2D eigenvalue weighted by Gasteiger charge is 2.55. The van der Waals surface area contributed by atoms with Gasteiger partial charge in [-0.3, -0.25) is 14.6 Å². The van der Waals surface area contributed by atoms with Gasteiger partial charge in [-0.15, -0.1) is 0 Å². The van der Waals surface area contributed by atoms with Gasteiger partial charge in [0.1, 0.15) is 18.2 Å². The number of ether oxygens (including phenoxy) is 4. The fourth-order valence-corrected chi connectivity index (χ4v) is 5.24. The third-order valence-electron chi connectivity index (χ3n) is 7.02. The average Bonchev–Trinajstić information content (AvgIpc) is 3.54. The molecule has 214 valence electrons. The van der Waals surface area contributed by atoms with E-state index < -0.39 is 30.1 Å². The van der Waals surface area contributed by atoms with Crippen LogP contribution in [0.2, 0.25) is 0 Å². The second-order valence-electron chi connectivity index (χ2n) is 10.4. The molecule has 39 heavy (non-hydrogen) atoms. The monoisotopic (exact) mass is 544 g/mol. The number of nitrogens with two attached hydrogens (primary N) is 2. The summed E-state index contributed by atoms with van der Waals surface area (Å²) in [4.78, 5) is 32.4. The lowest BCUT2D eigenvalue weighted by atomic mass is 10.0. The summed E-state index contributed by atoms with van der Waals surface area (Å²) >= 11 is 0. The van der Waals surface area contributed by atoms with Crippen molar-refractivity contribution >= 4 is 28.7 Å². The van der Waals surface area contributed by atoms with E-state index in [1.165, 1.54) is 7.11 Å².